The van der Waals surface area contributed by atoms with E-state index >= 15 is 0 Å². The Morgan fingerprint density at radius 1 is 1.21 bits per heavy atom. The van der Waals surface area contributed by atoms with Crippen molar-refractivity contribution in [1.29, 1.82) is 0 Å². The number of anilines is 2. The lowest BCUT2D eigenvalue weighted by molar-refractivity contribution is -0.114. The topological polar surface area (TPSA) is 98.1 Å². The molecule has 1 aliphatic carbocycles. The molecular weight excluding hydrogens is 370 g/mol. The molecule has 1 saturated carbocycles. The van der Waals surface area contributed by atoms with Gasteiger partial charge in [-0.3, -0.25) is 9.59 Å². The number of methoxy groups -OCH3 is 1. The van der Waals surface area contributed by atoms with E-state index in [1.165, 1.54) is 6.92 Å². The van der Waals surface area contributed by atoms with Crippen LogP contribution in [0.1, 0.15) is 42.9 Å². The SMILES string of the molecule is COCc1ccc(NC(=O)c2ncc3cc(NC(C)=O)n(C4(C)CC4)c3n2)cc1. The molecule has 8 nitrogen and oxygen atoms in total. The number of rotatable bonds is 6. The van der Waals surface area contributed by atoms with E-state index < -0.39 is 0 Å². The molecule has 8 heteroatoms. The molecule has 1 aliphatic rings. The number of benzene rings is 1. The number of ether oxygens (including phenoxy) is 1. The van der Waals surface area contributed by atoms with Gasteiger partial charge in [0.25, 0.3) is 5.91 Å². The first-order valence-corrected chi connectivity index (χ1v) is 9.45. The molecule has 2 N–H and O–H groups in total. The molecule has 4 rings (SSSR count). The third-order valence-corrected chi connectivity index (χ3v) is 5.08. The van der Waals surface area contributed by atoms with Gasteiger partial charge in [-0.25, -0.2) is 9.97 Å². The monoisotopic (exact) mass is 393 g/mol. The highest BCUT2D eigenvalue weighted by molar-refractivity contribution is 6.02. The van der Waals surface area contributed by atoms with E-state index in [1.54, 1.807) is 13.3 Å². The van der Waals surface area contributed by atoms with Crippen LogP contribution in [0.15, 0.2) is 36.5 Å². The van der Waals surface area contributed by atoms with Crippen LogP contribution in [0.2, 0.25) is 0 Å². The smallest absolute Gasteiger partial charge is 0.293 e. The Hall–Kier alpha value is -3.26. The maximum Gasteiger partial charge on any atom is 0.293 e. The fourth-order valence-corrected chi connectivity index (χ4v) is 3.36. The van der Waals surface area contributed by atoms with Crippen LogP contribution in [0, 0.1) is 0 Å². The zero-order valence-electron chi connectivity index (χ0n) is 16.7. The Labute approximate surface area is 168 Å². The molecule has 2 aromatic heterocycles. The van der Waals surface area contributed by atoms with Crippen LogP contribution >= 0.6 is 0 Å². The minimum Gasteiger partial charge on any atom is -0.380 e. The summed E-state index contributed by atoms with van der Waals surface area (Å²) in [7, 11) is 1.64. The van der Waals surface area contributed by atoms with Crippen molar-refractivity contribution in [3.8, 4) is 0 Å². The van der Waals surface area contributed by atoms with Crippen LogP contribution < -0.4 is 10.6 Å². The van der Waals surface area contributed by atoms with Crippen molar-refractivity contribution in [3.05, 3.63) is 47.9 Å². The normalized spacial score (nSPS) is 14.6. The summed E-state index contributed by atoms with van der Waals surface area (Å²) in [4.78, 5) is 33.0. The van der Waals surface area contributed by atoms with Gasteiger partial charge in [-0.1, -0.05) is 12.1 Å². The van der Waals surface area contributed by atoms with E-state index in [0.29, 0.717) is 23.8 Å². The van der Waals surface area contributed by atoms with Crippen molar-refractivity contribution in [3.63, 3.8) is 0 Å². The fourth-order valence-electron chi connectivity index (χ4n) is 3.36. The van der Waals surface area contributed by atoms with Crippen molar-refractivity contribution in [2.45, 2.75) is 38.8 Å². The summed E-state index contributed by atoms with van der Waals surface area (Å²) in [5.74, 6) is 0.215. The van der Waals surface area contributed by atoms with E-state index in [1.807, 2.05) is 34.9 Å². The minimum absolute atomic E-state index is 0.0800. The van der Waals surface area contributed by atoms with E-state index in [0.717, 1.165) is 23.8 Å². The van der Waals surface area contributed by atoms with E-state index in [2.05, 4.69) is 27.5 Å². The lowest BCUT2D eigenvalue weighted by Gasteiger charge is -2.17. The minimum atomic E-state index is -0.388. The highest BCUT2D eigenvalue weighted by atomic mass is 16.5. The summed E-state index contributed by atoms with van der Waals surface area (Å²) in [6.45, 7) is 4.10. The average Bonchev–Trinajstić information content (AvgIpc) is 3.31. The molecule has 2 amide bonds. The second-order valence-electron chi connectivity index (χ2n) is 7.60. The lowest BCUT2D eigenvalue weighted by atomic mass is 10.2. The summed E-state index contributed by atoms with van der Waals surface area (Å²) >= 11 is 0. The third kappa shape index (κ3) is 3.84. The van der Waals surface area contributed by atoms with Gasteiger partial charge >= 0.3 is 0 Å². The first-order chi connectivity index (χ1) is 13.9. The number of nitrogens with zero attached hydrogens (tertiary/aromatic N) is 3. The van der Waals surface area contributed by atoms with Crippen LogP contribution in [-0.2, 0) is 21.7 Å². The number of amides is 2. The molecule has 0 saturated heterocycles. The number of hydrogen-bond acceptors (Lipinski definition) is 5. The summed E-state index contributed by atoms with van der Waals surface area (Å²) in [5.41, 5.74) is 2.20. The quantitative estimate of drug-likeness (QED) is 0.670. The molecule has 3 aromatic rings. The summed E-state index contributed by atoms with van der Waals surface area (Å²) < 4.78 is 7.09. The highest BCUT2D eigenvalue weighted by Gasteiger charge is 2.42. The molecule has 0 atom stereocenters. The number of nitrogens with one attached hydrogen (secondary N) is 2. The first kappa shape index (κ1) is 19.1. The zero-order chi connectivity index (χ0) is 20.6. The van der Waals surface area contributed by atoms with Crippen molar-refractivity contribution in [2.75, 3.05) is 17.7 Å². The molecule has 2 heterocycles. The van der Waals surface area contributed by atoms with Gasteiger partial charge in [-0.15, -0.1) is 0 Å². The van der Waals surface area contributed by atoms with Crippen molar-refractivity contribution in [2.24, 2.45) is 0 Å². The summed E-state index contributed by atoms with van der Waals surface area (Å²) in [6, 6.07) is 9.25. The predicted molar refractivity (Wildman–Crippen MR) is 110 cm³/mol. The summed E-state index contributed by atoms with van der Waals surface area (Å²) in [5, 5.41) is 6.46. The van der Waals surface area contributed by atoms with Crippen molar-refractivity contribution in [1.82, 2.24) is 14.5 Å². The van der Waals surface area contributed by atoms with E-state index in [-0.39, 0.29) is 23.2 Å². The molecule has 1 aromatic carbocycles. The number of carbonyl (C=O) groups excluding carboxylic acids is 2. The summed E-state index contributed by atoms with van der Waals surface area (Å²) in [6.07, 6.45) is 3.60. The number of aromatic nitrogens is 3. The number of fused-ring (bicyclic) bond motifs is 1. The Kier molecular flexibility index (Phi) is 4.79. The standard InChI is InChI=1S/C21H23N5O3/c1-13(27)23-17-10-15-11-22-18(25-19(15)26(17)21(2)8-9-21)20(28)24-16-6-4-14(5-7-16)12-29-3/h4-7,10-11H,8-9,12H2,1-3H3,(H,23,27)(H,24,28). The van der Waals surface area contributed by atoms with Gasteiger partial charge in [0.15, 0.2) is 0 Å². The van der Waals surface area contributed by atoms with Gasteiger partial charge in [0.1, 0.15) is 11.5 Å². The fraction of sp³-hybridized carbons (Fsp3) is 0.333. The molecule has 0 unspecified atom stereocenters. The predicted octanol–water partition coefficient (Wildman–Crippen LogP) is 3.30. The Balaban J connectivity index is 1.64. The molecule has 0 spiro atoms. The Morgan fingerprint density at radius 3 is 2.55 bits per heavy atom. The first-order valence-electron chi connectivity index (χ1n) is 9.45. The van der Waals surface area contributed by atoms with E-state index in [4.69, 9.17) is 4.74 Å². The molecule has 0 aliphatic heterocycles. The Morgan fingerprint density at radius 2 is 1.93 bits per heavy atom. The molecule has 1 fully saturated rings. The molecule has 0 radical (unpaired) electrons. The van der Waals surface area contributed by atoms with Crippen molar-refractivity contribution >= 4 is 34.4 Å². The third-order valence-electron chi connectivity index (χ3n) is 5.08. The van der Waals surface area contributed by atoms with Gasteiger partial charge in [0.2, 0.25) is 11.7 Å². The van der Waals surface area contributed by atoms with Gasteiger partial charge in [0.05, 0.1) is 6.61 Å². The van der Waals surface area contributed by atoms with Crippen LogP contribution in [0.5, 0.6) is 0 Å². The van der Waals surface area contributed by atoms with Crippen LogP contribution in [0.4, 0.5) is 11.5 Å². The molecule has 29 heavy (non-hydrogen) atoms. The largest absolute Gasteiger partial charge is 0.380 e. The number of hydrogen-bond donors (Lipinski definition) is 2. The highest BCUT2D eigenvalue weighted by Crippen LogP contribution is 2.47. The number of carbonyl (C=O) groups is 2. The molecular formula is C21H23N5O3. The maximum absolute atomic E-state index is 12.7. The van der Waals surface area contributed by atoms with E-state index in [9.17, 15) is 9.59 Å². The van der Waals surface area contributed by atoms with Crippen LogP contribution in [0.3, 0.4) is 0 Å². The lowest BCUT2D eigenvalue weighted by Crippen LogP contribution is -2.20. The zero-order valence-corrected chi connectivity index (χ0v) is 16.7. The maximum atomic E-state index is 12.7. The Bertz CT molecular complexity index is 1080. The van der Waals surface area contributed by atoms with Gasteiger partial charge in [-0.05, 0) is 43.5 Å². The second-order valence-corrected chi connectivity index (χ2v) is 7.60. The van der Waals surface area contributed by atoms with Crippen molar-refractivity contribution < 1.29 is 14.3 Å². The van der Waals surface area contributed by atoms with Crippen LogP contribution in [-0.4, -0.2) is 33.5 Å². The molecule has 0 bridgehead atoms. The second kappa shape index (κ2) is 7.29. The van der Waals surface area contributed by atoms with Gasteiger partial charge < -0.3 is 19.9 Å². The van der Waals surface area contributed by atoms with Crippen LogP contribution in [0.25, 0.3) is 11.0 Å². The average molecular weight is 393 g/mol. The van der Waals surface area contributed by atoms with Gasteiger partial charge in [-0.2, -0.15) is 0 Å². The molecule has 150 valence electrons. The van der Waals surface area contributed by atoms with Gasteiger partial charge in [0, 0.05) is 36.8 Å².